The summed E-state index contributed by atoms with van der Waals surface area (Å²) in [6.45, 7) is 13.9. The third kappa shape index (κ3) is 5.42. The summed E-state index contributed by atoms with van der Waals surface area (Å²) in [5.74, 6) is 2.04. The number of aliphatic hydroxyl groups is 1. The van der Waals surface area contributed by atoms with Crippen LogP contribution in [0.4, 0.5) is 0 Å². The summed E-state index contributed by atoms with van der Waals surface area (Å²) in [4.78, 5) is 2.35. The number of hydrogen-bond acceptors (Lipinski definition) is 4. The lowest BCUT2D eigenvalue weighted by Gasteiger charge is -2.40. The van der Waals surface area contributed by atoms with Crippen molar-refractivity contribution in [3.05, 3.63) is 0 Å². The fourth-order valence-corrected chi connectivity index (χ4v) is 4.23. The second-order valence-corrected chi connectivity index (χ2v) is 8.28. The predicted molar refractivity (Wildman–Crippen MR) is 93.5 cm³/mol. The molecule has 2 fully saturated rings. The molecule has 4 heteroatoms. The van der Waals surface area contributed by atoms with Gasteiger partial charge in [-0.25, -0.2) is 0 Å². The number of aliphatic hydroxyl groups excluding tert-OH is 1. The first kappa shape index (κ1) is 19.2. The number of hydrogen-bond donors (Lipinski definition) is 1. The molecule has 0 radical (unpaired) electrons. The van der Waals surface area contributed by atoms with Crippen LogP contribution in [0, 0.1) is 17.8 Å². The molecule has 2 aliphatic rings. The Morgan fingerprint density at radius 2 is 1.78 bits per heavy atom. The Bertz CT molecular complexity index is 340. The lowest BCUT2D eigenvalue weighted by molar-refractivity contribution is -0.0929. The van der Waals surface area contributed by atoms with E-state index in [1.807, 2.05) is 0 Å². The first-order valence-corrected chi connectivity index (χ1v) is 9.51. The highest BCUT2D eigenvalue weighted by atomic mass is 16.5. The summed E-state index contributed by atoms with van der Waals surface area (Å²) in [5, 5.41) is 10.5. The van der Waals surface area contributed by atoms with Crippen LogP contribution in [-0.2, 0) is 9.47 Å². The highest BCUT2D eigenvalue weighted by molar-refractivity contribution is 4.83. The van der Waals surface area contributed by atoms with Crippen LogP contribution in [0.5, 0.6) is 0 Å². The fourth-order valence-electron chi connectivity index (χ4n) is 4.23. The summed E-state index contributed by atoms with van der Waals surface area (Å²) in [6.07, 6.45) is 3.61. The maximum absolute atomic E-state index is 10.5. The van der Waals surface area contributed by atoms with Gasteiger partial charge in [0.1, 0.15) is 0 Å². The zero-order valence-electron chi connectivity index (χ0n) is 15.7. The molecule has 1 N–H and O–H groups in total. The molecule has 1 heterocycles. The molecule has 0 aromatic rings. The monoisotopic (exact) mass is 327 g/mol. The van der Waals surface area contributed by atoms with E-state index in [4.69, 9.17) is 9.47 Å². The lowest BCUT2D eigenvalue weighted by atomic mass is 9.75. The van der Waals surface area contributed by atoms with Gasteiger partial charge in [-0.05, 0) is 44.4 Å². The second kappa shape index (κ2) is 8.80. The predicted octanol–water partition coefficient (Wildman–Crippen LogP) is 2.93. The van der Waals surface area contributed by atoms with Crippen molar-refractivity contribution in [1.29, 1.82) is 0 Å². The molecule has 1 saturated carbocycles. The smallest absolute Gasteiger partial charge is 0.0900 e. The average Bonchev–Trinajstić information content (AvgIpc) is 2.49. The van der Waals surface area contributed by atoms with Crippen LogP contribution in [0.3, 0.4) is 0 Å². The summed E-state index contributed by atoms with van der Waals surface area (Å²) < 4.78 is 11.8. The molecule has 1 aliphatic heterocycles. The molecule has 0 unspecified atom stereocenters. The van der Waals surface area contributed by atoms with E-state index < -0.39 is 6.10 Å². The highest BCUT2D eigenvalue weighted by Crippen LogP contribution is 2.35. The molecular formula is C19H37NO3. The van der Waals surface area contributed by atoms with E-state index >= 15 is 0 Å². The van der Waals surface area contributed by atoms with Crippen LogP contribution in [0.15, 0.2) is 0 Å². The first-order valence-electron chi connectivity index (χ1n) is 9.51. The molecule has 1 aliphatic carbocycles. The van der Waals surface area contributed by atoms with E-state index in [9.17, 15) is 5.11 Å². The van der Waals surface area contributed by atoms with Gasteiger partial charge in [-0.15, -0.1) is 0 Å². The van der Waals surface area contributed by atoms with Gasteiger partial charge in [-0.2, -0.15) is 0 Å². The molecule has 6 atom stereocenters. The van der Waals surface area contributed by atoms with Gasteiger partial charge in [0, 0.05) is 18.6 Å². The molecule has 0 amide bonds. The summed E-state index contributed by atoms with van der Waals surface area (Å²) in [7, 11) is 0. The van der Waals surface area contributed by atoms with Crippen molar-refractivity contribution >= 4 is 0 Å². The van der Waals surface area contributed by atoms with Gasteiger partial charge < -0.3 is 14.6 Å². The Labute approximate surface area is 142 Å². The normalized spacial score (nSPS) is 38.0. The van der Waals surface area contributed by atoms with Crippen LogP contribution < -0.4 is 0 Å². The zero-order chi connectivity index (χ0) is 17.0. The Kier molecular flexibility index (Phi) is 7.33. The third-order valence-corrected chi connectivity index (χ3v) is 5.74. The average molecular weight is 328 g/mol. The number of morpholine rings is 1. The first-order chi connectivity index (χ1) is 10.9. The minimum Gasteiger partial charge on any atom is -0.389 e. The Morgan fingerprint density at radius 1 is 1.13 bits per heavy atom. The van der Waals surface area contributed by atoms with Crippen LogP contribution in [0.25, 0.3) is 0 Å². The minimum absolute atomic E-state index is 0.313. The SMILES string of the molecule is CC(C)[C@H]1CC[C@H](C)C[C@H]1OC[C@H](O)CN1[C@H](C)COC[C@@H]1C. The maximum atomic E-state index is 10.5. The van der Waals surface area contributed by atoms with Crippen molar-refractivity contribution in [2.75, 3.05) is 26.4 Å². The summed E-state index contributed by atoms with van der Waals surface area (Å²) in [6, 6.07) is 0.734. The summed E-state index contributed by atoms with van der Waals surface area (Å²) >= 11 is 0. The minimum atomic E-state index is -0.414. The molecule has 0 bridgehead atoms. The molecular weight excluding hydrogens is 290 g/mol. The van der Waals surface area contributed by atoms with E-state index in [0.717, 1.165) is 25.6 Å². The molecule has 0 spiro atoms. The second-order valence-electron chi connectivity index (χ2n) is 8.28. The molecule has 23 heavy (non-hydrogen) atoms. The Hall–Kier alpha value is -0.160. The van der Waals surface area contributed by atoms with Gasteiger partial charge in [0.05, 0.1) is 32.0 Å². The lowest BCUT2D eigenvalue weighted by Crippen LogP contribution is -2.52. The number of β-amino-alcohol motifs (C(OH)–C–C–N with tert-alkyl or cyclic N) is 1. The van der Waals surface area contributed by atoms with Gasteiger partial charge >= 0.3 is 0 Å². The van der Waals surface area contributed by atoms with E-state index in [2.05, 4.69) is 39.5 Å². The van der Waals surface area contributed by atoms with Crippen molar-refractivity contribution in [1.82, 2.24) is 4.90 Å². The number of nitrogens with zero attached hydrogens (tertiary/aromatic N) is 1. The highest BCUT2D eigenvalue weighted by Gasteiger charge is 2.32. The molecule has 0 aromatic heterocycles. The van der Waals surface area contributed by atoms with Crippen LogP contribution in [0.2, 0.25) is 0 Å². The standard InChI is InChI=1S/C19H37NO3/c1-13(2)18-7-6-14(3)8-19(18)23-12-17(21)9-20-15(4)10-22-11-16(20)5/h13-19,21H,6-12H2,1-5H3/t14-,15-,16+,17+,18+,19+/m0/s1. The quantitative estimate of drug-likeness (QED) is 0.814. The molecule has 1 saturated heterocycles. The zero-order valence-corrected chi connectivity index (χ0v) is 15.7. The Balaban J connectivity index is 1.81. The number of rotatable bonds is 6. The van der Waals surface area contributed by atoms with Gasteiger partial charge in [-0.1, -0.05) is 27.2 Å². The van der Waals surface area contributed by atoms with E-state index in [1.165, 1.54) is 12.8 Å². The van der Waals surface area contributed by atoms with Crippen molar-refractivity contribution in [2.45, 2.75) is 78.2 Å². The molecule has 136 valence electrons. The topological polar surface area (TPSA) is 41.9 Å². The van der Waals surface area contributed by atoms with E-state index in [0.29, 0.717) is 43.2 Å². The molecule has 4 nitrogen and oxygen atoms in total. The molecule has 2 rings (SSSR count). The van der Waals surface area contributed by atoms with Crippen LogP contribution in [0.1, 0.15) is 53.9 Å². The van der Waals surface area contributed by atoms with Crippen molar-refractivity contribution < 1.29 is 14.6 Å². The maximum Gasteiger partial charge on any atom is 0.0900 e. The van der Waals surface area contributed by atoms with Gasteiger partial charge in [0.15, 0.2) is 0 Å². The summed E-state index contributed by atoms with van der Waals surface area (Å²) in [5.41, 5.74) is 0. The van der Waals surface area contributed by atoms with Crippen molar-refractivity contribution in [2.24, 2.45) is 17.8 Å². The third-order valence-electron chi connectivity index (χ3n) is 5.74. The van der Waals surface area contributed by atoms with Gasteiger partial charge in [-0.3, -0.25) is 4.90 Å². The fraction of sp³-hybridized carbons (Fsp3) is 1.00. The van der Waals surface area contributed by atoms with Crippen LogP contribution >= 0.6 is 0 Å². The van der Waals surface area contributed by atoms with E-state index in [1.54, 1.807) is 0 Å². The number of ether oxygens (including phenoxy) is 2. The Morgan fingerprint density at radius 3 is 2.39 bits per heavy atom. The van der Waals surface area contributed by atoms with Crippen molar-refractivity contribution in [3.63, 3.8) is 0 Å². The van der Waals surface area contributed by atoms with E-state index in [-0.39, 0.29) is 0 Å². The van der Waals surface area contributed by atoms with Crippen molar-refractivity contribution in [3.8, 4) is 0 Å². The largest absolute Gasteiger partial charge is 0.389 e. The van der Waals surface area contributed by atoms with Gasteiger partial charge in [0.25, 0.3) is 0 Å². The molecule has 0 aromatic carbocycles. The van der Waals surface area contributed by atoms with Gasteiger partial charge in [0.2, 0.25) is 0 Å². The van der Waals surface area contributed by atoms with Crippen LogP contribution in [-0.4, -0.2) is 60.7 Å².